The van der Waals surface area contributed by atoms with Gasteiger partial charge in [0.05, 0.1) is 11.9 Å². The number of para-hydroxylation sites is 1. The van der Waals surface area contributed by atoms with Crippen molar-refractivity contribution in [2.24, 2.45) is 5.73 Å². The van der Waals surface area contributed by atoms with Crippen LogP contribution >= 0.6 is 0 Å². The van der Waals surface area contributed by atoms with Crippen LogP contribution in [-0.2, 0) is 6.54 Å². The first kappa shape index (κ1) is 12.8. The van der Waals surface area contributed by atoms with Gasteiger partial charge < -0.3 is 11.1 Å². The van der Waals surface area contributed by atoms with E-state index >= 15 is 0 Å². The molecule has 0 amide bonds. The standard InChI is InChI=1S/C14H20N4/c15-8-4-5-9-16-10-13-11-17-18(12-13)14-6-2-1-3-7-14/h1-3,6-7,11-12,16H,4-5,8-10,15H2. The number of unbranched alkanes of at least 4 members (excludes halogenated alkanes) is 1. The van der Waals surface area contributed by atoms with Crippen molar-refractivity contribution in [3.05, 3.63) is 48.3 Å². The predicted molar refractivity (Wildman–Crippen MR) is 73.6 cm³/mol. The van der Waals surface area contributed by atoms with Crippen LogP contribution < -0.4 is 11.1 Å². The highest BCUT2D eigenvalue weighted by Gasteiger charge is 1.99. The Labute approximate surface area is 108 Å². The number of nitrogens with two attached hydrogens (primary N) is 1. The van der Waals surface area contributed by atoms with Crippen molar-refractivity contribution in [2.75, 3.05) is 13.1 Å². The second kappa shape index (κ2) is 6.93. The van der Waals surface area contributed by atoms with Gasteiger partial charge in [-0.25, -0.2) is 4.68 Å². The van der Waals surface area contributed by atoms with E-state index in [1.807, 2.05) is 41.2 Å². The number of hydrogen-bond donors (Lipinski definition) is 2. The first-order valence-electron chi connectivity index (χ1n) is 6.40. The van der Waals surface area contributed by atoms with Crippen molar-refractivity contribution in [2.45, 2.75) is 19.4 Å². The Morgan fingerprint density at radius 2 is 2.00 bits per heavy atom. The van der Waals surface area contributed by atoms with Crippen LogP contribution in [0.25, 0.3) is 5.69 Å². The number of hydrogen-bond acceptors (Lipinski definition) is 3. The first-order chi connectivity index (χ1) is 8.90. The van der Waals surface area contributed by atoms with Crippen molar-refractivity contribution in [3.8, 4) is 5.69 Å². The molecular weight excluding hydrogens is 224 g/mol. The van der Waals surface area contributed by atoms with E-state index in [0.29, 0.717) is 0 Å². The molecule has 2 rings (SSSR count). The van der Waals surface area contributed by atoms with Gasteiger partial charge in [0.15, 0.2) is 0 Å². The number of rotatable bonds is 7. The SMILES string of the molecule is NCCCCNCc1cnn(-c2ccccc2)c1. The fourth-order valence-electron chi connectivity index (χ4n) is 1.80. The summed E-state index contributed by atoms with van der Waals surface area (Å²) in [6.45, 7) is 2.64. The number of benzene rings is 1. The second-order valence-corrected chi connectivity index (χ2v) is 4.30. The van der Waals surface area contributed by atoms with Crippen LogP contribution in [0.5, 0.6) is 0 Å². The molecule has 4 heteroatoms. The molecule has 18 heavy (non-hydrogen) atoms. The van der Waals surface area contributed by atoms with Crippen LogP contribution in [-0.4, -0.2) is 22.9 Å². The summed E-state index contributed by atoms with van der Waals surface area (Å²) < 4.78 is 1.90. The highest BCUT2D eigenvalue weighted by Crippen LogP contribution is 2.07. The van der Waals surface area contributed by atoms with Gasteiger partial charge >= 0.3 is 0 Å². The van der Waals surface area contributed by atoms with E-state index in [1.165, 1.54) is 5.56 Å². The molecule has 0 saturated carbocycles. The molecule has 0 bridgehead atoms. The number of nitrogens with one attached hydrogen (secondary N) is 1. The Hall–Kier alpha value is -1.65. The van der Waals surface area contributed by atoms with Crippen molar-refractivity contribution in [1.82, 2.24) is 15.1 Å². The van der Waals surface area contributed by atoms with Gasteiger partial charge in [0.25, 0.3) is 0 Å². The van der Waals surface area contributed by atoms with Crippen LogP contribution in [0.1, 0.15) is 18.4 Å². The molecule has 3 N–H and O–H groups in total. The zero-order chi connectivity index (χ0) is 12.6. The van der Waals surface area contributed by atoms with Crippen LogP contribution in [0.4, 0.5) is 0 Å². The molecule has 0 aliphatic rings. The largest absolute Gasteiger partial charge is 0.330 e. The lowest BCUT2D eigenvalue weighted by atomic mass is 10.3. The van der Waals surface area contributed by atoms with Crippen LogP contribution in [0, 0.1) is 0 Å². The zero-order valence-corrected chi connectivity index (χ0v) is 10.5. The Morgan fingerprint density at radius 3 is 2.78 bits per heavy atom. The van der Waals surface area contributed by atoms with Gasteiger partial charge in [-0.1, -0.05) is 18.2 Å². The van der Waals surface area contributed by atoms with Gasteiger partial charge in [0.2, 0.25) is 0 Å². The molecule has 0 spiro atoms. The van der Waals surface area contributed by atoms with Gasteiger partial charge in [0.1, 0.15) is 0 Å². The lowest BCUT2D eigenvalue weighted by Gasteiger charge is -2.02. The summed E-state index contributed by atoms with van der Waals surface area (Å²) in [5.74, 6) is 0. The van der Waals surface area contributed by atoms with Crippen LogP contribution in [0.15, 0.2) is 42.7 Å². The Morgan fingerprint density at radius 1 is 1.17 bits per heavy atom. The molecule has 1 heterocycles. The van der Waals surface area contributed by atoms with E-state index in [0.717, 1.165) is 38.2 Å². The third-order valence-corrected chi connectivity index (χ3v) is 2.79. The summed E-state index contributed by atoms with van der Waals surface area (Å²) in [6, 6.07) is 10.1. The third-order valence-electron chi connectivity index (χ3n) is 2.79. The fourth-order valence-corrected chi connectivity index (χ4v) is 1.80. The topological polar surface area (TPSA) is 55.9 Å². The van der Waals surface area contributed by atoms with Gasteiger partial charge in [-0.2, -0.15) is 5.10 Å². The lowest BCUT2D eigenvalue weighted by molar-refractivity contribution is 0.627. The van der Waals surface area contributed by atoms with E-state index in [4.69, 9.17) is 5.73 Å². The summed E-state index contributed by atoms with van der Waals surface area (Å²) in [6.07, 6.45) is 6.17. The molecule has 0 unspecified atom stereocenters. The minimum atomic E-state index is 0.771. The Bertz CT molecular complexity index is 450. The van der Waals surface area contributed by atoms with E-state index in [2.05, 4.69) is 16.6 Å². The number of aromatic nitrogens is 2. The van der Waals surface area contributed by atoms with Gasteiger partial charge in [-0.15, -0.1) is 0 Å². The maximum Gasteiger partial charge on any atom is 0.0645 e. The average Bonchev–Trinajstić information content (AvgIpc) is 2.88. The average molecular weight is 244 g/mol. The maximum absolute atomic E-state index is 5.45. The molecule has 0 fully saturated rings. The van der Waals surface area contributed by atoms with Crippen molar-refractivity contribution < 1.29 is 0 Å². The van der Waals surface area contributed by atoms with E-state index in [9.17, 15) is 0 Å². The molecule has 2 aromatic rings. The van der Waals surface area contributed by atoms with Gasteiger partial charge in [-0.3, -0.25) is 0 Å². The monoisotopic (exact) mass is 244 g/mol. The second-order valence-electron chi connectivity index (χ2n) is 4.30. The van der Waals surface area contributed by atoms with E-state index in [1.54, 1.807) is 0 Å². The molecular formula is C14H20N4. The van der Waals surface area contributed by atoms with Crippen molar-refractivity contribution in [3.63, 3.8) is 0 Å². The molecule has 0 radical (unpaired) electrons. The quantitative estimate of drug-likeness (QED) is 0.729. The first-order valence-corrected chi connectivity index (χ1v) is 6.40. The predicted octanol–water partition coefficient (Wildman–Crippen LogP) is 1.70. The van der Waals surface area contributed by atoms with Crippen LogP contribution in [0.2, 0.25) is 0 Å². The molecule has 0 atom stereocenters. The lowest BCUT2D eigenvalue weighted by Crippen LogP contribution is -2.15. The molecule has 0 aliphatic carbocycles. The van der Waals surface area contributed by atoms with Gasteiger partial charge in [-0.05, 0) is 38.1 Å². The molecule has 96 valence electrons. The molecule has 4 nitrogen and oxygen atoms in total. The van der Waals surface area contributed by atoms with Gasteiger partial charge in [0, 0.05) is 18.3 Å². The fraction of sp³-hybridized carbons (Fsp3) is 0.357. The minimum absolute atomic E-state index is 0.771. The molecule has 0 aliphatic heterocycles. The molecule has 1 aromatic carbocycles. The normalized spacial score (nSPS) is 10.7. The Balaban J connectivity index is 1.83. The molecule has 0 saturated heterocycles. The summed E-state index contributed by atoms with van der Waals surface area (Å²) in [5.41, 5.74) is 7.74. The highest BCUT2D eigenvalue weighted by atomic mass is 15.3. The summed E-state index contributed by atoms with van der Waals surface area (Å²) >= 11 is 0. The summed E-state index contributed by atoms with van der Waals surface area (Å²) in [5, 5.41) is 7.75. The molecule has 1 aromatic heterocycles. The zero-order valence-electron chi connectivity index (χ0n) is 10.5. The van der Waals surface area contributed by atoms with Crippen molar-refractivity contribution >= 4 is 0 Å². The summed E-state index contributed by atoms with van der Waals surface area (Å²) in [7, 11) is 0. The van der Waals surface area contributed by atoms with Crippen LogP contribution in [0.3, 0.4) is 0 Å². The Kier molecular flexibility index (Phi) is 4.93. The smallest absolute Gasteiger partial charge is 0.0645 e. The summed E-state index contributed by atoms with van der Waals surface area (Å²) in [4.78, 5) is 0. The number of nitrogens with zero attached hydrogens (tertiary/aromatic N) is 2. The van der Waals surface area contributed by atoms with E-state index in [-0.39, 0.29) is 0 Å². The van der Waals surface area contributed by atoms with E-state index < -0.39 is 0 Å². The highest BCUT2D eigenvalue weighted by molar-refractivity contribution is 5.30. The minimum Gasteiger partial charge on any atom is -0.330 e. The van der Waals surface area contributed by atoms with Crippen molar-refractivity contribution in [1.29, 1.82) is 0 Å². The third kappa shape index (κ3) is 3.68. The maximum atomic E-state index is 5.45.